The molecule has 2 aromatic carbocycles. The van der Waals surface area contributed by atoms with Crippen molar-refractivity contribution in [3.63, 3.8) is 0 Å². The van der Waals surface area contributed by atoms with Gasteiger partial charge in [0.15, 0.2) is 0 Å². The number of nitrogens with zero attached hydrogens (tertiary/aromatic N) is 1. The summed E-state index contributed by atoms with van der Waals surface area (Å²) in [6, 6.07) is 18.2. The first-order valence-corrected chi connectivity index (χ1v) is 15.4. The molecule has 2 unspecified atom stereocenters. The van der Waals surface area contributed by atoms with Gasteiger partial charge in [-0.3, -0.25) is 14.4 Å². The van der Waals surface area contributed by atoms with Crippen LogP contribution in [0.15, 0.2) is 60.7 Å². The van der Waals surface area contributed by atoms with E-state index >= 15 is 0 Å². The van der Waals surface area contributed by atoms with Gasteiger partial charge in [-0.25, -0.2) is 0 Å². The molecule has 40 heavy (non-hydrogen) atoms. The molecule has 214 valence electrons. The van der Waals surface area contributed by atoms with Crippen molar-refractivity contribution in [1.82, 2.24) is 15.5 Å². The van der Waals surface area contributed by atoms with Crippen molar-refractivity contribution in [3.05, 3.63) is 71.8 Å². The number of amides is 3. The van der Waals surface area contributed by atoms with Gasteiger partial charge in [0, 0.05) is 17.8 Å². The van der Waals surface area contributed by atoms with Crippen molar-refractivity contribution in [2.75, 3.05) is 13.2 Å². The van der Waals surface area contributed by atoms with Crippen molar-refractivity contribution in [2.24, 2.45) is 11.8 Å². The quantitative estimate of drug-likeness (QED) is 0.342. The van der Waals surface area contributed by atoms with Crippen molar-refractivity contribution in [1.29, 1.82) is 0 Å². The lowest BCUT2D eigenvalue weighted by Gasteiger charge is -2.37. The number of likely N-dealkylation sites (tertiary alicyclic amines) is 1. The van der Waals surface area contributed by atoms with Gasteiger partial charge in [0.1, 0.15) is 6.04 Å². The summed E-state index contributed by atoms with van der Waals surface area (Å²) in [5.74, 6) is -1.63. The van der Waals surface area contributed by atoms with E-state index in [4.69, 9.17) is 0 Å². The molecule has 2 bridgehead atoms. The van der Waals surface area contributed by atoms with Crippen molar-refractivity contribution in [2.45, 2.75) is 80.5 Å². The fraction of sp³-hybridized carbons (Fsp3) is 0.531. The fourth-order valence-electron chi connectivity index (χ4n) is 7.17. The average Bonchev–Trinajstić information content (AvgIpc) is 3.54. The monoisotopic (exact) mass is 563 g/mol. The van der Waals surface area contributed by atoms with Gasteiger partial charge in [0.2, 0.25) is 17.7 Å². The lowest BCUT2D eigenvalue weighted by Crippen LogP contribution is -2.57. The number of benzene rings is 2. The molecule has 2 aromatic rings. The van der Waals surface area contributed by atoms with Crippen LogP contribution in [0.3, 0.4) is 0 Å². The van der Waals surface area contributed by atoms with Crippen LogP contribution in [0.25, 0.3) is 0 Å². The number of hydrogen-bond donors (Lipinski definition) is 3. The summed E-state index contributed by atoms with van der Waals surface area (Å²) in [6.07, 6.45) is 4.85. The van der Waals surface area contributed by atoms with Crippen LogP contribution in [-0.2, 0) is 27.3 Å². The normalized spacial score (nSPS) is 29.3. The van der Waals surface area contributed by atoms with Gasteiger partial charge >= 0.3 is 0 Å². The molecule has 3 aliphatic heterocycles. The Morgan fingerprint density at radius 3 is 2.33 bits per heavy atom. The maximum absolute atomic E-state index is 14.4. The SMILES string of the molecule is CCCCCNC(=O)C1N([C@@H](CO)Cc2ccccc2)C(=O)[C@@H]2[C@@H](C(=O)NCc3ccccc3)[C@@]3(C)CCC12S3. The van der Waals surface area contributed by atoms with E-state index in [0.717, 1.165) is 36.8 Å². The fourth-order valence-corrected chi connectivity index (χ4v) is 9.52. The highest BCUT2D eigenvalue weighted by Gasteiger charge is 2.77. The molecule has 3 aliphatic rings. The highest BCUT2D eigenvalue weighted by Crippen LogP contribution is 2.71. The highest BCUT2D eigenvalue weighted by atomic mass is 32.2. The first-order valence-electron chi connectivity index (χ1n) is 14.6. The molecule has 3 N–H and O–H groups in total. The van der Waals surface area contributed by atoms with Crippen LogP contribution in [0.5, 0.6) is 0 Å². The van der Waals surface area contributed by atoms with Gasteiger partial charge in [0.25, 0.3) is 0 Å². The number of carbonyl (C=O) groups excluding carboxylic acids is 3. The molecule has 0 aromatic heterocycles. The van der Waals surface area contributed by atoms with E-state index in [0.29, 0.717) is 25.9 Å². The molecule has 8 heteroatoms. The van der Waals surface area contributed by atoms with E-state index in [1.165, 1.54) is 0 Å². The molecule has 7 nitrogen and oxygen atoms in total. The summed E-state index contributed by atoms with van der Waals surface area (Å²) >= 11 is 1.67. The molecule has 5 rings (SSSR count). The van der Waals surface area contributed by atoms with Crippen LogP contribution in [-0.4, -0.2) is 62.5 Å². The predicted molar refractivity (Wildman–Crippen MR) is 157 cm³/mol. The van der Waals surface area contributed by atoms with E-state index < -0.39 is 33.4 Å². The summed E-state index contributed by atoms with van der Waals surface area (Å²) in [5.41, 5.74) is 1.99. The number of aliphatic hydroxyl groups is 1. The number of thioether (sulfide) groups is 1. The van der Waals surface area contributed by atoms with Gasteiger partial charge in [-0.2, -0.15) is 0 Å². The van der Waals surface area contributed by atoms with Crippen LogP contribution < -0.4 is 10.6 Å². The minimum atomic E-state index is -0.730. The minimum absolute atomic E-state index is 0.133. The van der Waals surface area contributed by atoms with Crippen LogP contribution in [0.2, 0.25) is 0 Å². The highest BCUT2D eigenvalue weighted by molar-refractivity contribution is 8.02. The number of carbonyl (C=O) groups is 3. The Morgan fingerprint density at radius 2 is 1.68 bits per heavy atom. The zero-order valence-electron chi connectivity index (χ0n) is 23.5. The average molecular weight is 564 g/mol. The Hall–Kier alpha value is -2.84. The van der Waals surface area contributed by atoms with E-state index in [-0.39, 0.29) is 24.3 Å². The van der Waals surface area contributed by atoms with Crippen LogP contribution >= 0.6 is 11.8 Å². The standard InChI is InChI=1S/C32H41N3O4S/c1-3-4-11-18-33-29(38)27-32-17-16-31(2,40-32)25(28(37)34-20-23-14-9-6-10-15-23)26(32)30(39)35(27)24(21-36)19-22-12-7-5-8-13-22/h5-10,12-15,24-27,36H,3-4,11,16-21H2,1-2H3,(H,33,38)(H,34,37)/t24-,25+,26+,27?,31-,32?/m1/s1. The molecule has 3 heterocycles. The molecule has 3 amide bonds. The third kappa shape index (κ3) is 5.16. The Morgan fingerprint density at radius 1 is 1.00 bits per heavy atom. The molecule has 1 spiro atoms. The summed E-state index contributed by atoms with van der Waals surface area (Å²) in [5, 5.41) is 16.8. The minimum Gasteiger partial charge on any atom is -0.394 e. The molecular formula is C32H41N3O4S. The maximum atomic E-state index is 14.4. The Labute approximate surface area is 241 Å². The Kier molecular flexibility index (Phi) is 8.57. The van der Waals surface area contributed by atoms with E-state index in [2.05, 4.69) is 24.5 Å². The predicted octanol–water partition coefficient (Wildman–Crippen LogP) is 3.69. The second-order valence-electron chi connectivity index (χ2n) is 11.7. The van der Waals surface area contributed by atoms with E-state index in [9.17, 15) is 19.5 Å². The molecule has 6 atom stereocenters. The van der Waals surface area contributed by atoms with Gasteiger partial charge < -0.3 is 20.6 Å². The Bertz CT molecular complexity index is 1210. The van der Waals surface area contributed by atoms with E-state index in [1.807, 2.05) is 60.7 Å². The number of unbranched alkanes of at least 4 members (excludes halogenated alkanes) is 2. The van der Waals surface area contributed by atoms with Crippen molar-refractivity contribution >= 4 is 29.5 Å². The summed E-state index contributed by atoms with van der Waals surface area (Å²) < 4.78 is -1.12. The molecule has 3 saturated heterocycles. The van der Waals surface area contributed by atoms with Gasteiger partial charge in [-0.15, -0.1) is 11.8 Å². The number of fused-ring (bicyclic) bond motifs is 1. The molecular weight excluding hydrogens is 522 g/mol. The first-order chi connectivity index (χ1) is 19.3. The van der Waals surface area contributed by atoms with Crippen molar-refractivity contribution < 1.29 is 19.5 Å². The topological polar surface area (TPSA) is 98.7 Å². The zero-order chi connectivity index (χ0) is 28.3. The Balaban J connectivity index is 1.46. The molecule has 0 aliphatic carbocycles. The number of nitrogens with one attached hydrogen (secondary N) is 2. The molecule has 3 fully saturated rings. The zero-order valence-corrected chi connectivity index (χ0v) is 24.3. The number of aliphatic hydroxyl groups excluding tert-OH is 1. The third-order valence-corrected chi connectivity index (χ3v) is 11.0. The van der Waals surface area contributed by atoms with Gasteiger partial charge in [-0.05, 0) is 43.7 Å². The maximum Gasteiger partial charge on any atom is 0.244 e. The number of hydrogen-bond acceptors (Lipinski definition) is 5. The third-order valence-electron chi connectivity index (χ3n) is 9.05. The lowest BCUT2D eigenvalue weighted by atomic mass is 9.66. The first kappa shape index (κ1) is 28.7. The summed E-state index contributed by atoms with van der Waals surface area (Å²) in [6.45, 7) is 4.89. The second kappa shape index (κ2) is 12.0. The van der Waals surface area contributed by atoms with E-state index in [1.54, 1.807) is 16.7 Å². The van der Waals surface area contributed by atoms with Gasteiger partial charge in [0.05, 0.1) is 29.2 Å². The van der Waals surface area contributed by atoms with Crippen molar-refractivity contribution in [3.8, 4) is 0 Å². The van der Waals surface area contributed by atoms with Crippen LogP contribution in [0.4, 0.5) is 0 Å². The van der Waals surface area contributed by atoms with Crippen LogP contribution in [0.1, 0.15) is 57.1 Å². The van der Waals surface area contributed by atoms with Gasteiger partial charge in [-0.1, -0.05) is 80.4 Å². The second-order valence-corrected chi connectivity index (χ2v) is 13.6. The molecule has 0 saturated carbocycles. The number of rotatable bonds is 12. The largest absolute Gasteiger partial charge is 0.394 e. The smallest absolute Gasteiger partial charge is 0.244 e. The molecule has 0 radical (unpaired) electrons. The summed E-state index contributed by atoms with van der Waals surface area (Å²) in [7, 11) is 0. The lowest BCUT2D eigenvalue weighted by molar-refractivity contribution is -0.143. The van der Waals surface area contributed by atoms with Crippen LogP contribution in [0, 0.1) is 11.8 Å². The summed E-state index contributed by atoms with van der Waals surface area (Å²) in [4.78, 5) is 43.8.